The number of rotatable bonds is 5. The van der Waals surface area contributed by atoms with Crippen molar-refractivity contribution >= 4 is 0 Å². The van der Waals surface area contributed by atoms with Gasteiger partial charge in [0.1, 0.15) is 17.4 Å². The minimum Gasteiger partial charge on any atom is -0.435 e. The zero-order chi connectivity index (χ0) is 15.4. The Labute approximate surface area is 119 Å². The van der Waals surface area contributed by atoms with E-state index in [9.17, 15) is 17.6 Å². The topological polar surface area (TPSA) is 35.2 Å². The van der Waals surface area contributed by atoms with Gasteiger partial charge >= 0.3 is 6.61 Å². The first-order valence-corrected chi connectivity index (χ1v) is 6.20. The Morgan fingerprint density at radius 3 is 2.29 bits per heavy atom. The molecule has 2 rings (SSSR count). The van der Waals surface area contributed by atoms with Crippen LogP contribution in [-0.2, 0) is 6.42 Å². The standard InChI is InChI=1S/C15H13F4NO/c16-11-3-6-13(17)10(7-11)8-14(20)9-1-4-12(5-2-9)21-15(18)19/h1-7,14-15H,8,20H2. The molecule has 2 aromatic rings. The minimum atomic E-state index is -2.90. The molecule has 0 aliphatic heterocycles. The summed E-state index contributed by atoms with van der Waals surface area (Å²) in [5.74, 6) is -1.07. The molecule has 2 aromatic carbocycles. The van der Waals surface area contributed by atoms with Gasteiger partial charge in [0.15, 0.2) is 0 Å². The van der Waals surface area contributed by atoms with Crippen LogP contribution in [0.4, 0.5) is 17.6 Å². The Morgan fingerprint density at radius 1 is 1.00 bits per heavy atom. The van der Waals surface area contributed by atoms with Crippen molar-refractivity contribution in [3.05, 3.63) is 65.2 Å². The average molecular weight is 299 g/mol. The van der Waals surface area contributed by atoms with Crippen LogP contribution in [0.25, 0.3) is 0 Å². The Kier molecular flexibility index (Phi) is 4.80. The summed E-state index contributed by atoms with van der Waals surface area (Å²) in [5.41, 5.74) is 6.69. The lowest BCUT2D eigenvalue weighted by atomic mass is 9.99. The van der Waals surface area contributed by atoms with E-state index in [1.54, 1.807) is 0 Å². The van der Waals surface area contributed by atoms with Crippen molar-refractivity contribution in [3.8, 4) is 5.75 Å². The van der Waals surface area contributed by atoms with Crippen LogP contribution >= 0.6 is 0 Å². The summed E-state index contributed by atoms with van der Waals surface area (Å²) in [6.07, 6.45) is 0.0959. The fraction of sp³-hybridized carbons (Fsp3) is 0.200. The highest BCUT2D eigenvalue weighted by Crippen LogP contribution is 2.22. The summed E-state index contributed by atoms with van der Waals surface area (Å²) in [6, 6.07) is 8.30. The van der Waals surface area contributed by atoms with Crippen LogP contribution < -0.4 is 10.5 Å². The lowest BCUT2D eigenvalue weighted by Crippen LogP contribution is -2.14. The van der Waals surface area contributed by atoms with Gasteiger partial charge in [-0.25, -0.2) is 8.78 Å². The lowest BCUT2D eigenvalue weighted by Gasteiger charge is -2.13. The highest BCUT2D eigenvalue weighted by atomic mass is 19.3. The maximum Gasteiger partial charge on any atom is 0.387 e. The molecular weight excluding hydrogens is 286 g/mol. The molecule has 0 fully saturated rings. The summed E-state index contributed by atoms with van der Waals surface area (Å²) < 4.78 is 54.9. The van der Waals surface area contributed by atoms with Gasteiger partial charge in [0.05, 0.1) is 0 Å². The molecule has 21 heavy (non-hydrogen) atoms. The van der Waals surface area contributed by atoms with Gasteiger partial charge < -0.3 is 10.5 Å². The SMILES string of the molecule is NC(Cc1cc(F)ccc1F)c1ccc(OC(F)F)cc1. The molecule has 0 spiro atoms. The summed E-state index contributed by atoms with van der Waals surface area (Å²) >= 11 is 0. The van der Waals surface area contributed by atoms with Crippen molar-refractivity contribution in [2.24, 2.45) is 5.73 Å². The van der Waals surface area contributed by atoms with Crippen LogP contribution in [0, 0.1) is 11.6 Å². The van der Waals surface area contributed by atoms with Crippen molar-refractivity contribution in [2.45, 2.75) is 19.1 Å². The van der Waals surface area contributed by atoms with E-state index in [1.165, 1.54) is 24.3 Å². The van der Waals surface area contributed by atoms with Crippen LogP contribution in [0.15, 0.2) is 42.5 Å². The van der Waals surface area contributed by atoms with Crippen molar-refractivity contribution in [1.82, 2.24) is 0 Å². The fourth-order valence-electron chi connectivity index (χ4n) is 1.95. The molecule has 1 atom stereocenters. The molecule has 112 valence electrons. The van der Waals surface area contributed by atoms with Crippen molar-refractivity contribution in [1.29, 1.82) is 0 Å². The molecule has 1 unspecified atom stereocenters. The van der Waals surface area contributed by atoms with Crippen molar-refractivity contribution in [3.63, 3.8) is 0 Å². The number of nitrogens with two attached hydrogens (primary N) is 1. The third-order valence-electron chi connectivity index (χ3n) is 2.98. The third-order valence-corrected chi connectivity index (χ3v) is 2.98. The number of hydrogen-bond acceptors (Lipinski definition) is 2. The Balaban J connectivity index is 2.09. The second-order valence-corrected chi connectivity index (χ2v) is 4.49. The number of halogens is 4. The quantitative estimate of drug-likeness (QED) is 0.852. The van der Waals surface area contributed by atoms with E-state index < -0.39 is 24.3 Å². The second kappa shape index (κ2) is 6.58. The number of hydrogen-bond donors (Lipinski definition) is 1. The van der Waals surface area contributed by atoms with Gasteiger partial charge in [-0.2, -0.15) is 8.78 Å². The summed E-state index contributed by atoms with van der Waals surface area (Å²) in [7, 11) is 0. The maximum absolute atomic E-state index is 13.5. The Bertz CT molecular complexity index is 601. The maximum atomic E-state index is 13.5. The largest absolute Gasteiger partial charge is 0.435 e. The molecule has 0 aliphatic rings. The molecular formula is C15H13F4NO. The molecule has 2 N–H and O–H groups in total. The first-order valence-electron chi connectivity index (χ1n) is 6.20. The van der Waals surface area contributed by atoms with E-state index in [1.807, 2.05) is 0 Å². The zero-order valence-electron chi connectivity index (χ0n) is 10.9. The minimum absolute atomic E-state index is 0.0119. The van der Waals surface area contributed by atoms with Crippen LogP contribution in [0.5, 0.6) is 5.75 Å². The van der Waals surface area contributed by atoms with E-state index in [4.69, 9.17) is 5.73 Å². The predicted octanol–water partition coefficient (Wildman–Crippen LogP) is 3.81. The molecule has 0 aromatic heterocycles. The average Bonchev–Trinajstić information content (AvgIpc) is 2.43. The highest BCUT2D eigenvalue weighted by Gasteiger charge is 2.12. The monoisotopic (exact) mass is 299 g/mol. The molecule has 2 nitrogen and oxygen atoms in total. The van der Waals surface area contributed by atoms with Gasteiger partial charge in [-0.3, -0.25) is 0 Å². The smallest absolute Gasteiger partial charge is 0.387 e. The first kappa shape index (κ1) is 15.3. The highest BCUT2D eigenvalue weighted by molar-refractivity contribution is 5.30. The van der Waals surface area contributed by atoms with Crippen LogP contribution in [0.2, 0.25) is 0 Å². The van der Waals surface area contributed by atoms with Gasteiger partial charge in [0.2, 0.25) is 0 Å². The number of benzene rings is 2. The van der Waals surface area contributed by atoms with Gasteiger partial charge in [0.25, 0.3) is 0 Å². The predicted molar refractivity (Wildman–Crippen MR) is 70.1 cm³/mol. The van der Waals surface area contributed by atoms with Gasteiger partial charge in [0, 0.05) is 6.04 Å². The molecule has 0 saturated carbocycles. The number of ether oxygens (including phenoxy) is 1. The summed E-state index contributed by atoms with van der Waals surface area (Å²) in [6.45, 7) is -2.90. The molecule has 6 heteroatoms. The van der Waals surface area contributed by atoms with Gasteiger partial charge in [-0.1, -0.05) is 12.1 Å². The van der Waals surface area contributed by atoms with Crippen LogP contribution in [0.3, 0.4) is 0 Å². The normalized spacial score (nSPS) is 12.5. The first-order chi connectivity index (χ1) is 9.95. The summed E-state index contributed by atoms with van der Waals surface area (Å²) in [5, 5.41) is 0. The molecule has 0 saturated heterocycles. The number of alkyl halides is 2. The van der Waals surface area contributed by atoms with Crippen molar-refractivity contribution in [2.75, 3.05) is 0 Å². The molecule has 0 heterocycles. The Hall–Kier alpha value is -2.08. The third kappa shape index (κ3) is 4.19. The van der Waals surface area contributed by atoms with E-state index in [0.29, 0.717) is 5.56 Å². The second-order valence-electron chi connectivity index (χ2n) is 4.49. The van der Waals surface area contributed by atoms with Gasteiger partial charge in [-0.15, -0.1) is 0 Å². The van der Waals surface area contributed by atoms with E-state index in [0.717, 1.165) is 18.2 Å². The summed E-state index contributed by atoms with van der Waals surface area (Å²) in [4.78, 5) is 0. The molecule has 0 aliphatic carbocycles. The Morgan fingerprint density at radius 2 is 1.67 bits per heavy atom. The van der Waals surface area contributed by atoms with Gasteiger partial charge in [-0.05, 0) is 47.9 Å². The van der Waals surface area contributed by atoms with Crippen molar-refractivity contribution < 1.29 is 22.3 Å². The van der Waals surface area contributed by atoms with Crippen LogP contribution in [0.1, 0.15) is 17.2 Å². The van der Waals surface area contributed by atoms with Crippen LogP contribution in [-0.4, -0.2) is 6.61 Å². The van der Waals surface area contributed by atoms with E-state index in [2.05, 4.69) is 4.74 Å². The molecule has 0 radical (unpaired) electrons. The molecule has 0 amide bonds. The lowest BCUT2D eigenvalue weighted by molar-refractivity contribution is -0.0498. The zero-order valence-corrected chi connectivity index (χ0v) is 10.9. The fourth-order valence-corrected chi connectivity index (χ4v) is 1.95. The van der Waals surface area contributed by atoms with E-state index >= 15 is 0 Å². The molecule has 0 bridgehead atoms. The van der Waals surface area contributed by atoms with E-state index in [-0.39, 0.29) is 17.7 Å².